The number of methoxy groups -OCH3 is 1. The summed E-state index contributed by atoms with van der Waals surface area (Å²) in [5.41, 5.74) is 1.18. The van der Waals surface area contributed by atoms with Crippen LogP contribution in [0.2, 0.25) is 0 Å². The van der Waals surface area contributed by atoms with E-state index in [9.17, 15) is 9.59 Å². The number of hydrogen-bond acceptors (Lipinski definition) is 5. The molecule has 7 heteroatoms. The molecule has 0 saturated heterocycles. The van der Waals surface area contributed by atoms with Gasteiger partial charge in [-0.3, -0.25) is 14.5 Å². The summed E-state index contributed by atoms with van der Waals surface area (Å²) in [6, 6.07) is 14.4. The number of likely N-dealkylation sites (N-methyl/N-ethyl adjacent to an activating group) is 1. The minimum Gasteiger partial charge on any atom is -0.497 e. The Bertz CT molecular complexity index is 982. The quantitative estimate of drug-likeness (QED) is 0.670. The zero-order valence-electron chi connectivity index (χ0n) is 15.4. The number of fused-ring (bicyclic) bond motifs is 1. The molecule has 7 nitrogen and oxygen atoms in total. The van der Waals surface area contributed by atoms with E-state index in [2.05, 4.69) is 15.3 Å². The first-order valence-electron chi connectivity index (χ1n) is 8.73. The molecule has 3 aromatic rings. The molecule has 1 aromatic heterocycles. The molecular formula is C20H22N4O3. The number of carbonyl (C=O) groups excluding carboxylic acids is 1. The molecule has 140 valence electrons. The summed E-state index contributed by atoms with van der Waals surface area (Å²) in [6.45, 7) is 3.18. The van der Waals surface area contributed by atoms with Gasteiger partial charge in [0.2, 0.25) is 5.91 Å². The Hall–Kier alpha value is -3.19. The van der Waals surface area contributed by atoms with Crippen LogP contribution in [0.25, 0.3) is 10.9 Å². The molecule has 0 unspecified atom stereocenters. The highest BCUT2D eigenvalue weighted by Gasteiger charge is 2.12. The van der Waals surface area contributed by atoms with Gasteiger partial charge in [-0.15, -0.1) is 0 Å². The minimum atomic E-state index is -0.172. The van der Waals surface area contributed by atoms with Crippen LogP contribution in [-0.2, 0) is 11.3 Å². The van der Waals surface area contributed by atoms with Crippen molar-refractivity contribution in [3.8, 4) is 5.75 Å². The number of benzene rings is 2. The maximum atomic E-state index is 12.3. The standard InChI is InChI=1S/C20H22N4O3/c1-3-24(13-19(25)21-14-8-10-15(27-2)11-9-14)12-18-22-17-7-5-4-6-16(17)20(26)23-18/h4-11H,3,12-13H2,1-2H3,(H,21,25)(H,22,23,26). The zero-order chi connectivity index (χ0) is 19.2. The predicted octanol–water partition coefficient (Wildman–Crippen LogP) is 2.39. The molecule has 0 aliphatic rings. The number of rotatable bonds is 7. The van der Waals surface area contributed by atoms with Crippen molar-refractivity contribution in [2.75, 3.05) is 25.5 Å². The summed E-state index contributed by atoms with van der Waals surface area (Å²) >= 11 is 0. The molecule has 0 atom stereocenters. The SMILES string of the molecule is CCN(CC(=O)Nc1ccc(OC)cc1)Cc1nc2ccccc2c(=O)[nH]1. The molecule has 0 bridgehead atoms. The lowest BCUT2D eigenvalue weighted by molar-refractivity contribution is -0.117. The van der Waals surface area contributed by atoms with Gasteiger partial charge in [0, 0.05) is 5.69 Å². The number of para-hydroxylation sites is 1. The van der Waals surface area contributed by atoms with Crippen molar-refractivity contribution in [1.29, 1.82) is 0 Å². The molecule has 0 aliphatic heterocycles. The highest BCUT2D eigenvalue weighted by Crippen LogP contribution is 2.15. The average Bonchev–Trinajstić information content (AvgIpc) is 2.68. The van der Waals surface area contributed by atoms with E-state index in [1.807, 2.05) is 17.9 Å². The van der Waals surface area contributed by atoms with Crippen LogP contribution in [0.15, 0.2) is 53.3 Å². The summed E-state index contributed by atoms with van der Waals surface area (Å²) in [5.74, 6) is 1.14. The predicted molar refractivity (Wildman–Crippen MR) is 105 cm³/mol. The summed E-state index contributed by atoms with van der Waals surface area (Å²) in [5, 5.41) is 3.41. The molecule has 1 amide bonds. The lowest BCUT2D eigenvalue weighted by atomic mass is 10.2. The second kappa shape index (κ2) is 8.46. The fraction of sp³-hybridized carbons (Fsp3) is 0.250. The third kappa shape index (κ3) is 4.71. The van der Waals surface area contributed by atoms with Gasteiger partial charge in [0.25, 0.3) is 5.56 Å². The lowest BCUT2D eigenvalue weighted by Gasteiger charge is -2.19. The monoisotopic (exact) mass is 366 g/mol. The largest absolute Gasteiger partial charge is 0.497 e. The number of nitrogens with zero attached hydrogens (tertiary/aromatic N) is 2. The second-order valence-corrected chi connectivity index (χ2v) is 6.11. The third-order valence-corrected chi connectivity index (χ3v) is 4.22. The number of amides is 1. The number of aromatic nitrogens is 2. The van der Waals surface area contributed by atoms with Crippen molar-refractivity contribution in [1.82, 2.24) is 14.9 Å². The van der Waals surface area contributed by atoms with Gasteiger partial charge in [-0.05, 0) is 42.9 Å². The molecule has 3 rings (SSSR count). The fourth-order valence-corrected chi connectivity index (χ4v) is 2.78. The van der Waals surface area contributed by atoms with Crippen LogP contribution < -0.4 is 15.6 Å². The van der Waals surface area contributed by atoms with E-state index in [1.54, 1.807) is 49.6 Å². The maximum absolute atomic E-state index is 12.3. The number of nitrogens with one attached hydrogen (secondary N) is 2. The Kier molecular flexibility index (Phi) is 5.83. The van der Waals surface area contributed by atoms with E-state index < -0.39 is 0 Å². The molecule has 1 heterocycles. The van der Waals surface area contributed by atoms with Gasteiger partial charge in [-0.1, -0.05) is 19.1 Å². The van der Waals surface area contributed by atoms with Crippen LogP contribution in [0, 0.1) is 0 Å². The lowest BCUT2D eigenvalue weighted by Crippen LogP contribution is -2.33. The van der Waals surface area contributed by atoms with Crippen molar-refractivity contribution in [2.45, 2.75) is 13.5 Å². The van der Waals surface area contributed by atoms with Gasteiger partial charge in [0.1, 0.15) is 11.6 Å². The van der Waals surface area contributed by atoms with E-state index in [4.69, 9.17) is 4.74 Å². The zero-order valence-corrected chi connectivity index (χ0v) is 15.4. The molecular weight excluding hydrogens is 344 g/mol. The van der Waals surface area contributed by atoms with E-state index in [1.165, 1.54) is 0 Å². The van der Waals surface area contributed by atoms with E-state index in [0.29, 0.717) is 35.5 Å². The number of ether oxygens (including phenoxy) is 1. The van der Waals surface area contributed by atoms with Crippen LogP contribution in [0.4, 0.5) is 5.69 Å². The van der Waals surface area contributed by atoms with Gasteiger partial charge in [0.05, 0.1) is 31.1 Å². The van der Waals surface area contributed by atoms with Gasteiger partial charge < -0.3 is 15.0 Å². The molecule has 2 N–H and O–H groups in total. The molecule has 0 radical (unpaired) electrons. The summed E-state index contributed by atoms with van der Waals surface area (Å²) in [6.07, 6.45) is 0. The number of H-pyrrole nitrogens is 1. The minimum absolute atomic E-state index is 0.134. The number of anilines is 1. The average molecular weight is 366 g/mol. The number of carbonyl (C=O) groups is 1. The fourth-order valence-electron chi connectivity index (χ4n) is 2.78. The molecule has 27 heavy (non-hydrogen) atoms. The Labute approximate surface area is 157 Å². The first kappa shape index (κ1) is 18.6. The highest BCUT2D eigenvalue weighted by atomic mass is 16.5. The van der Waals surface area contributed by atoms with Gasteiger partial charge in [-0.2, -0.15) is 0 Å². The van der Waals surface area contributed by atoms with Gasteiger partial charge >= 0.3 is 0 Å². The maximum Gasteiger partial charge on any atom is 0.258 e. The van der Waals surface area contributed by atoms with Crippen molar-refractivity contribution in [2.24, 2.45) is 0 Å². The smallest absolute Gasteiger partial charge is 0.258 e. The Balaban J connectivity index is 1.66. The molecule has 0 saturated carbocycles. The first-order valence-corrected chi connectivity index (χ1v) is 8.73. The van der Waals surface area contributed by atoms with Crippen LogP contribution in [0.1, 0.15) is 12.7 Å². The van der Waals surface area contributed by atoms with Gasteiger partial charge in [0.15, 0.2) is 0 Å². The van der Waals surface area contributed by atoms with E-state index in [0.717, 1.165) is 5.75 Å². The van der Waals surface area contributed by atoms with Crippen LogP contribution in [-0.4, -0.2) is 41.0 Å². The van der Waals surface area contributed by atoms with Crippen molar-refractivity contribution in [3.63, 3.8) is 0 Å². The molecule has 0 aliphatic carbocycles. The molecule has 2 aromatic carbocycles. The van der Waals surface area contributed by atoms with Crippen LogP contribution >= 0.6 is 0 Å². The highest BCUT2D eigenvalue weighted by molar-refractivity contribution is 5.92. The van der Waals surface area contributed by atoms with Crippen molar-refractivity contribution in [3.05, 3.63) is 64.7 Å². The molecule has 0 spiro atoms. The Morgan fingerprint density at radius 2 is 1.93 bits per heavy atom. The topological polar surface area (TPSA) is 87.3 Å². The summed E-state index contributed by atoms with van der Waals surface area (Å²) < 4.78 is 5.11. The van der Waals surface area contributed by atoms with Crippen LogP contribution in [0.3, 0.4) is 0 Å². The molecule has 0 fully saturated rings. The summed E-state index contributed by atoms with van der Waals surface area (Å²) in [7, 11) is 1.60. The third-order valence-electron chi connectivity index (χ3n) is 4.22. The van der Waals surface area contributed by atoms with E-state index >= 15 is 0 Å². The first-order chi connectivity index (χ1) is 13.1. The van der Waals surface area contributed by atoms with E-state index in [-0.39, 0.29) is 18.0 Å². The number of aromatic amines is 1. The van der Waals surface area contributed by atoms with Crippen molar-refractivity contribution >= 4 is 22.5 Å². The second-order valence-electron chi connectivity index (χ2n) is 6.11. The Morgan fingerprint density at radius 1 is 1.19 bits per heavy atom. The number of hydrogen-bond donors (Lipinski definition) is 2. The Morgan fingerprint density at radius 3 is 2.63 bits per heavy atom. The van der Waals surface area contributed by atoms with Gasteiger partial charge in [-0.25, -0.2) is 4.98 Å². The van der Waals surface area contributed by atoms with Crippen molar-refractivity contribution < 1.29 is 9.53 Å². The van der Waals surface area contributed by atoms with Crippen LogP contribution in [0.5, 0.6) is 5.75 Å². The normalized spacial score (nSPS) is 10.9. The summed E-state index contributed by atoms with van der Waals surface area (Å²) in [4.78, 5) is 33.7.